The number of fused-ring (bicyclic) bond motifs is 1. The highest BCUT2D eigenvalue weighted by Crippen LogP contribution is 2.41. The topological polar surface area (TPSA) is 38.7 Å². The Labute approximate surface area is 148 Å². The molecule has 0 fully saturated rings. The zero-order chi connectivity index (χ0) is 18.0. The van der Waals surface area contributed by atoms with Crippen LogP contribution in [0.2, 0.25) is 0 Å². The first-order valence-electron chi connectivity index (χ1n) is 8.75. The van der Waals surface area contributed by atoms with E-state index in [4.69, 9.17) is 9.47 Å². The quantitative estimate of drug-likeness (QED) is 0.878. The van der Waals surface area contributed by atoms with Crippen molar-refractivity contribution in [3.63, 3.8) is 0 Å². The normalized spacial score (nSPS) is 19.6. The van der Waals surface area contributed by atoms with Crippen LogP contribution in [0.25, 0.3) is 0 Å². The van der Waals surface area contributed by atoms with Gasteiger partial charge in [-0.05, 0) is 73.6 Å². The Bertz CT molecular complexity index is 742. The van der Waals surface area contributed by atoms with E-state index in [1.807, 2.05) is 26.0 Å². The molecule has 0 aromatic heterocycles. The molecule has 1 unspecified atom stereocenters. The largest absolute Gasteiger partial charge is 0.494 e. The van der Waals surface area contributed by atoms with Crippen molar-refractivity contribution < 1.29 is 19.0 Å². The monoisotopic (exact) mass is 344 g/mol. The van der Waals surface area contributed by atoms with E-state index in [2.05, 4.69) is 12.1 Å². The lowest BCUT2D eigenvalue weighted by molar-refractivity contribution is 0.207. The molecule has 0 saturated carbocycles. The van der Waals surface area contributed by atoms with Crippen molar-refractivity contribution in [1.29, 1.82) is 0 Å². The molecular weight excluding hydrogens is 319 g/mol. The van der Waals surface area contributed by atoms with Crippen molar-refractivity contribution in [2.45, 2.75) is 38.7 Å². The molecule has 1 aliphatic carbocycles. The molecule has 4 heteroatoms. The summed E-state index contributed by atoms with van der Waals surface area (Å²) in [6, 6.07) is 11.2. The smallest absolute Gasteiger partial charge is 0.165 e. The summed E-state index contributed by atoms with van der Waals surface area (Å²) in [7, 11) is 1.47. The van der Waals surface area contributed by atoms with E-state index in [0.717, 1.165) is 24.2 Å². The lowest BCUT2D eigenvalue weighted by Crippen LogP contribution is -2.22. The van der Waals surface area contributed by atoms with Gasteiger partial charge in [-0.2, -0.15) is 0 Å². The van der Waals surface area contributed by atoms with Crippen LogP contribution in [-0.4, -0.2) is 24.9 Å². The second-order valence-electron chi connectivity index (χ2n) is 6.96. The second-order valence-corrected chi connectivity index (χ2v) is 6.96. The Morgan fingerprint density at radius 3 is 2.68 bits per heavy atom. The predicted octanol–water partition coefficient (Wildman–Crippen LogP) is 4.31. The molecule has 0 heterocycles. The fraction of sp³-hybridized carbons (Fsp3) is 0.429. The van der Waals surface area contributed by atoms with Gasteiger partial charge in [-0.15, -0.1) is 0 Å². The zero-order valence-electron chi connectivity index (χ0n) is 15.0. The Morgan fingerprint density at radius 1 is 1.20 bits per heavy atom. The summed E-state index contributed by atoms with van der Waals surface area (Å²) in [6.07, 6.45) is 1.78. The molecular formula is C21H25FO3. The van der Waals surface area contributed by atoms with Crippen molar-refractivity contribution in [3.8, 4) is 11.5 Å². The summed E-state index contributed by atoms with van der Waals surface area (Å²) in [5.74, 6) is 1.02. The average Bonchev–Trinajstić information content (AvgIpc) is 2.60. The molecule has 0 bridgehead atoms. The molecule has 1 aliphatic rings. The highest BCUT2D eigenvalue weighted by atomic mass is 19.1. The van der Waals surface area contributed by atoms with Crippen LogP contribution in [0.4, 0.5) is 4.39 Å². The molecule has 1 N–H and O–H groups in total. The Morgan fingerprint density at radius 2 is 2.00 bits per heavy atom. The minimum atomic E-state index is -0.363. The molecule has 0 saturated heterocycles. The van der Waals surface area contributed by atoms with E-state index in [-0.39, 0.29) is 36.1 Å². The number of methoxy groups -OCH3 is 1. The van der Waals surface area contributed by atoms with Gasteiger partial charge in [0.2, 0.25) is 0 Å². The maximum Gasteiger partial charge on any atom is 0.165 e. The number of aliphatic hydroxyl groups is 1. The van der Waals surface area contributed by atoms with Gasteiger partial charge < -0.3 is 14.6 Å². The first kappa shape index (κ1) is 17.7. The van der Waals surface area contributed by atoms with Crippen LogP contribution in [0.3, 0.4) is 0 Å². The fourth-order valence-corrected chi connectivity index (χ4v) is 3.63. The maximum absolute atomic E-state index is 13.8. The molecule has 3 nitrogen and oxygen atoms in total. The van der Waals surface area contributed by atoms with Crippen molar-refractivity contribution in [3.05, 3.63) is 58.9 Å². The Kier molecular flexibility index (Phi) is 5.28. The van der Waals surface area contributed by atoms with Gasteiger partial charge in [-0.3, -0.25) is 0 Å². The standard InChI is InChI=1S/C21H25FO3/c1-13(2)25-17-6-4-15-8-14(12-23)9-18(19(15)11-17)16-5-7-20(22)21(10-16)24-3/h4-7,10-11,13-14,18,23H,8-9,12H2,1-3H3/t14-,18?/m0/s1. The van der Waals surface area contributed by atoms with Crippen LogP contribution >= 0.6 is 0 Å². The summed E-state index contributed by atoms with van der Waals surface area (Å²) >= 11 is 0. The lowest BCUT2D eigenvalue weighted by Gasteiger charge is -2.32. The molecule has 134 valence electrons. The van der Waals surface area contributed by atoms with Gasteiger partial charge in [-0.25, -0.2) is 4.39 Å². The van der Waals surface area contributed by atoms with Crippen molar-refractivity contribution in [2.75, 3.05) is 13.7 Å². The van der Waals surface area contributed by atoms with Crippen molar-refractivity contribution >= 4 is 0 Å². The van der Waals surface area contributed by atoms with Gasteiger partial charge in [0.25, 0.3) is 0 Å². The third-order valence-electron chi connectivity index (χ3n) is 4.78. The molecule has 3 rings (SSSR count). The average molecular weight is 344 g/mol. The van der Waals surface area contributed by atoms with Crippen LogP contribution in [0.1, 0.15) is 42.9 Å². The summed E-state index contributed by atoms with van der Waals surface area (Å²) < 4.78 is 24.8. The molecule has 0 radical (unpaired) electrons. The summed E-state index contributed by atoms with van der Waals surface area (Å²) in [5, 5.41) is 9.69. The lowest BCUT2D eigenvalue weighted by atomic mass is 9.74. The van der Waals surface area contributed by atoms with E-state index in [0.29, 0.717) is 0 Å². The van der Waals surface area contributed by atoms with Crippen LogP contribution in [0, 0.1) is 11.7 Å². The fourth-order valence-electron chi connectivity index (χ4n) is 3.63. The minimum Gasteiger partial charge on any atom is -0.494 e. The number of hydrogen-bond acceptors (Lipinski definition) is 3. The predicted molar refractivity (Wildman–Crippen MR) is 95.9 cm³/mol. The van der Waals surface area contributed by atoms with Crippen LogP contribution in [-0.2, 0) is 6.42 Å². The third-order valence-corrected chi connectivity index (χ3v) is 4.78. The van der Waals surface area contributed by atoms with Crippen molar-refractivity contribution in [1.82, 2.24) is 0 Å². The number of hydrogen-bond donors (Lipinski definition) is 1. The molecule has 25 heavy (non-hydrogen) atoms. The molecule has 2 atom stereocenters. The molecule has 2 aromatic carbocycles. The molecule has 2 aromatic rings. The van der Waals surface area contributed by atoms with Gasteiger partial charge in [0.15, 0.2) is 11.6 Å². The van der Waals surface area contributed by atoms with Crippen LogP contribution in [0.15, 0.2) is 36.4 Å². The van der Waals surface area contributed by atoms with E-state index >= 15 is 0 Å². The van der Waals surface area contributed by atoms with Gasteiger partial charge in [0, 0.05) is 12.5 Å². The van der Waals surface area contributed by atoms with Crippen LogP contribution in [0.5, 0.6) is 11.5 Å². The van der Waals surface area contributed by atoms with Crippen LogP contribution < -0.4 is 9.47 Å². The SMILES string of the molecule is COc1cc(C2C[C@@H](CO)Cc3ccc(OC(C)C)cc32)ccc1F. The van der Waals surface area contributed by atoms with Gasteiger partial charge in [0.1, 0.15) is 5.75 Å². The first-order chi connectivity index (χ1) is 12.0. The Hall–Kier alpha value is -2.07. The molecule has 0 spiro atoms. The van der Waals surface area contributed by atoms with E-state index in [1.165, 1.54) is 24.3 Å². The second kappa shape index (κ2) is 7.44. The van der Waals surface area contributed by atoms with E-state index in [1.54, 1.807) is 6.07 Å². The Balaban J connectivity index is 2.04. The summed E-state index contributed by atoms with van der Waals surface area (Å²) in [6.45, 7) is 4.16. The highest BCUT2D eigenvalue weighted by molar-refractivity contribution is 5.46. The van der Waals surface area contributed by atoms with Gasteiger partial charge in [-0.1, -0.05) is 12.1 Å². The van der Waals surface area contributed by atoms with E-state index in [9.17, 15) is 9.50 Å². The number of halogens is 1. The van der Waals surface area contributed by atoms with Crippen molar-refractivity contribution in [2.24, 2.45) is 5.92 Å². The number of rotatable bonds is 5. The molecule has 0 aliphatic heterocycles. The number of ether oxygens (including phenoxy) is 2. The van der Waals surface area contributed by atoms with E-state index < -0.39 is 0 Å². The number of aliphatic hydroxyl groups excluding tert-OH is 1. The minimum absolute atomic E-state index is 0.0890. The summed E-state index contributed by atoms with van der Waals surface area (Å²) in [5.41, 5.74) is 3.41. The zero-order valence-corrected chi connectivity index (χ0v) is 15.0. The number of benzene rings is 2. The highest BCUT2D eigenvalue weighted by Gasteiger charge is 2.29. The third kappa shape index (κ3) is 3.79. The van der Waals surface area contributed by atoms with Gasteiger partial charge >= 0.3 is 0 Å². The van der Waals surface area contributed by atoms with Gasteiger partial charge in [0.05, 0.1) is 13.2 Å². The summed E-state index contributed by atoms with van der Waals surface area (Å²) in [4.78, 5) is 0. The molecule has 0 amide bonds. The maximum atomic E-state index is 13.8. The first-order valence-corrected chi connectivity index (χ1v) is 8.75.